The zero-order valence-corrected chi connectivity index (χ0v) is 18.2. The number of nitrogens with zero attached hydrogens (tertiary/aromatic N) is 2. The molecule has 32 heavy (non-hydrogen) atoms. The van der Waals surface area contributed by atoms with E-state index >= 15 is 0 Å². The molecule has 0 spiro atoms. The van der Waals surface area contributed by atoms with E-state index in [9.17, 15) is 4.79 Å². The van der Waals surface area contributed by atoms with Gasteiger partial charge in [-0.05, 0) is 53.9 Å². The largest absolute Gasteiger partial charge is 0.324 e. The Hall–Kier alpha value is -3.54. The van der Waals surface area contributed by atoms with Crippen molar-refractivity contribution in [2.24, 2.45) is 0 Å². The lowest BCUT2D eigenvalue weighted by atomic mass is 10.0. The SMILES string of the molecule is O=C(Nc1ccc(-c2cccnn2)cc1)C(NCCc1ccc(Cl)cc1)c1ccccc1. The first-order valence-electron chi connectivity index (χ1n) is 10.4. The smallest absolute Gasteiger partial charge is 0.246 e. The van der Waals surface area contributed by atoms with Crippen molar-refractivity contribution in [3.8, 4) is 11.3 Å². The highest BCUT2D eigenvalue weighted by atomic mass is 35.5. The fourth-order valence-electron chi connectivity index (χ4n) is 3.41. The van der Waals surface area contributed by atoms with E-state index < -0.39 is 6.04 Å². The lowest BCUT2D eigenvalue weighted by Gasteiger charge is -2.19. The van der Waals surface area contributed by atoms with Crippen molar-refractivity contribution < 1.29 is 4.79 Å². The summed E-state index contributed by atoms with van der Waals surface area (Å²) in [4.78, 5) is 13.1. The molecule has 0 aliphatic carbocycles. The van der Waals surface area contributed by atoms with Crippen molar-refractivity contribution in [2.75, 3.05) is 11.9 Å². The second-order valence-electron chi connectivity index (χ2n) is 7.35. The fraction of sp³-hybridized carbons (Fsp3) is 0.115. The molecule has 0 bridgehead atoms. The molecule has 1 heterocycles. The van der Waals surface area contributed by atoms with Gasteiger partial charge in [-0.25, -0.2) is 0 Å². The van der Waals surface area contributed by atoms with Gasteiger partial charge in [0.1, 0.15) is 6.04 Å². The molecule has 1 aromatic heterocycles. The van der Waals surface area contributed by atoms with Gasteiger partial charge in [0.15, 0.2) is 0 Å². The Balaban J connectivity index is 1.43. The minimum Gasteiger partial charge on any atom is -0.324 e. The molecular formula is C26H23ClN4O. The van der Waals surface area contributed by atoms with Crippen LogP contribution in [0.3, 0.4) is 0 Å². The van der Waals surface area contributed by atoms with Crippen LogP contribution in [0.25, 0.3) is 11.3 Å². The summed E-state index contributed by atoms with van der Waals surface area (Å²) in [6.07, 6.45) is 2.43. The molecule has 3 aromatic carbocycles. The van der Waals surface area contributed by atoms with Gasteiger partial charge in [-0.2, -0.15) is 10.2 Å². The summed E-state index contributed by atoms with van der Waals surface area (Å²) in [5.41, 5.74) is 4.53. The molecule has 0 aliphatic heterocycles. The molecule has 0 aliphatic rings. The molecule has 5 nitrogen and oxygen atoms in total. The molecule has 1 atom stereocenters. The third kappa shape index (κ3) is 5.78. The Labute approximate surface area is 192 Å². The summed E-state index contributed by atoms with van der Waals surface area (Å²) in [5.74, 6) is -0.112. The Kier molecular flexibility index (Phi) is 7.23. The second kappa shape index (κ2) is 10.7. The molecule has 0 saturated carbocycles. The maximum atomic E-state index is 13.1. The average Bonchev–Trinajstić information content (AvgIpc) is 2.84. The van der Waals surface area contributed by atoms with Crippen LogP contribution in [-0.4, -0.2) is 22.6 Å². The second-order valence-corrected chi connectivity index (χ2v) is 7.79. The third-order valence-electron chi connectivity index (χ3n) is 5.09. The lowest BCUT2D eigenvalue weighted by molar-refractivity contribution is -0.118. The Morgan fingerprint density at radius 1 is 0.875 bits per heavy atom. The number of carbonyl (C=O) groups is 1. The van der Waals surface area contributed by atoms with E-state index in [2.05, 4.69) is 20.8 Å². The zero-order valence-electron chi connectivity index (χ0n) is 17.4. The van der Waals surface area contributed by atoms with Gasteiger partial charge in [0.05, 0.1) is 5.69 Å². The normalized spacial score (nSPS) is 11.7. The number of hydrogen-bond donors (Lipinski definition) is 2. The van der Waals surface area contributed by atoms with E-state index in [4.69, 9.17) is 11.6 Å². The van der Waals surface area contributed by atoms with Crippen molar-refractivity contribution in [3.63, 3.8) is 0 Å². The first kappa shape index (κ1) is 21.7. The van der Waals surface area contributed by atoms with E-state index in [1.165, 1.54) is 0 Å². The number of anilines is 1. The van der Waals surface area contributed by atoms with E-state index in [0.29, 0.717) is 11.6 Å². The quantitative estimate of drug-likeness (QED) is 0.388. The summed E-state index contributed by atoms with van der Waals surface area (Å²) in [5, 5.41) is 15.2. The summed E-state index contributed by atoms with van der Waals surface area (Å²) in [7, 11) is 0. The maximum Gasteiger partial charge on any atom is 0.246 e. The Morgan fingerprint density at radius 2 is 1.62 bits per heavy atom. The van der Waals surface area contributed by atoms with Crippen LogP contribution in [0.1, 0.15) is 17.2 Å². The minimum absolute atomic E-state index is 0.112. The summed E-state index contributed by atoms with van der Waals surface area (Å²) < 4.78 is 0. The van der Waals surface area contributed by atoms with E-state index in [1.54, 1.807) is 6.20 Å². The van der Waals surface area contributed by atoms with Crippen molar-refractivity contribution in [1.29, 1.82) is 0 Å². The van der Waals surface area contributed by atoms with Crippen LogP contribution >= 0.6 is 11.6 Å². The summed E-state index contributed by atoms with van der Waals surface area (Å²) in [6.45, 7) is 0.653. The monoisotopic (exact) mass is 442 g/mol. The van der Waals surface area contributed by atoms with Gasteiger partial charge in [0.2, 0.25) is 5.91 Å². The number of rotatable bonds is 8. The first-order chi connectivity index (χ1) is 15.7. The Bertz CT molecular complexity index is 1130. The fourth-order valence-corrected chi connectivity index (χ4v) is 3.54. The summed E-state index contributed by atoms with van der Waals surface area (Å²) in [6, 6.07) is 28.3. The Morgan fingerprint density at radius 3 is 2.31 bits per heavy atom. The van der Waals surface area contributed by atoms with E-state index in [0.717, 1.165) is 34.5 Å². The molecule has 6 heteroatoms. The number of nitrogens with one attached hydrogen (secondary N) is 2. The molecule has 4 aromatic rings. The van der Waals surface area contributed by atoms with Crippen LogP contribution in [0.5, 0.6) is 0 Å². The molecule has 0 fully saturated rings. The highest BCUT2D eigenvalue weighted by Crippen LogP contribution is 2.21. The predicted octanol–water partition coefficient (Wildman–Crippen LogP) is 5.31. The third-order valence-corrected chi connectivity index (χ3v) is 5.34. The van der Waals surface area contributed by atoms with Gasteiger partial charge in [-0.15, -0.1) is 0 Å². The molecule has 1 amide bonds. The number of halogens is 1. The van der Waals surface area contributed by atoms with Crippen LogP contribution in [0.4, 0.5) is 5.69 Å². The van der Waals surface area contributed by atoms with Crippen molar-refractivity contribution >= 4 is 23.2 Å². The van der Waals surface area contributed by atoms with Crippen LogP contribution in [0.15, 0.2) is 97.2 Å². The standard InChI is InChI=1S/C26H23ClN4O/c27-22-12-8-19(9-13-22)16-18-28-25(21-5-2-1-3-6-21)26(32)30-23-14-10-20(11-15-23)24-7-4-17-29-31-24/h1-15,17,25,28H,16,18H2,(H,30,32). The lowest BCUT2D eigenvalue weighted by Crippen LogP contribution is -2.34. The summed E-state index contributed by atoms with van der Waals surface area (Å²) >= 11 is 5.96. The topological polar surface area (TPSA) is 66.9 Å². The number of benzene rings is 3. The predicted molar refractivity (Wildman–Crippen MR) is 128 cm³/mol. The van der Waals surface area contributed by atoms with Gasteiger partial charge in [-0.1, -0.05) is 66.2 Å². The molecule has 4 rings (SSSR count). The van der Waals surface area contributed by atoms with Crippen molar-refractivity contribution in [3.05, 3.63) is 113 Å². The maximum absolute atomic E-state index is 13.1. The van der Waals surface area contributed by atoms with Crippen LogP contribution < -0.4 is 10.6 Å². The molecule has 0 radical (unpaired) electrons. The van der Waals surface area contributed by atoms with Gasteiger partial charge >= 0.3 is 0 Å². The van der Waals surface area contributed by atoms with Gasteiger partial charge in [0.25, 0.3) is 0 Å². The molecule has 2 N–H and O–H groups in total. The minimum atomic E-state index is -0.469. The van der Waals surface area contributed by atoms with Gasteiger partial charge < -0.3 is 10.6 Å². The van der Waals surface area contributed by atoms with E-state index in [-0.39, 0.29) is 5.91 Å². The van der Waals surface area contributed by atoms with E-state index in [1.807, 2.05) is 91.0 Å². The first-order valence-corrected chi connectivity index (χ1v) is 10.8. The van der Waals surface area contributed by atoms with Crippen molar-refractivity contribution in [2.45, 2.75) is 12.5 Å². The number of aromatic nitrogens is 2. The molecule has 160 valence electrons. The average molecular weight is 443 g/mol. The van der Waals surface area contributed by atoms with Gasteiger partial charge in [0, 0.05) is 29.0 Å². The highest BCUT2D eigenvalue weighted by Gasteiger charge is 2.20. The van der Waals surface area contributed by atoms with Crippen LogP contribution in [-0.2, 0) is 11.2 Å². The molecule has 1 unspecified atom stereocenters. The van der Waals surface area contributed by atoms with Crippen LogP contribution in [0, 0.1) is 0 Å². The zero-order chi connectivity index (χ0) is 22.2. The number of amides is 1. The van der Waals surface area contributed by atoms with Crippen molar-refractivity contribution in [1.82, 2.24) is 15.5 Å². The molecular weight excluding hydrogens is 420 g/mol. The number of carbonyl (C=O) groups excluding carboxylic acids is 1. The molecule has 0 saturated heterocycles. The van der Waals surface area contributed by atoms with Gasteiger partial charge in [-0.3, -0.25) is 4.79 Å². The van der Waals surface area contributed by atoms with Crippen LogP contribution in [0.2, 0.25) is 5.02 Å². The highest BCUT2D eigenvalue weighted by molar-refractivity contribution is 6.30. The number of hydrogen-bond acceptors (Lipinski definition) is 4.